The predicted molar refractivity (Wildman–Crippen MR) is 118 cm³/mol. The zero-order chi connectivity index (χ0) is 22.8. The topological polar surface area (TPSA) is 72.8 Å². The van der Waals surface area contributed by atoms with Gasteiger partial charge in [0.2, 0.25) is 0 Å². The van der Waals surface area contributed by atoms with E-state index >= 15 is 0 Å². The molecule has 0 unspecified atom stereocenters. The second-order valence-electron chi connectivity index (χ2n) is 12.0. The third-order valence-corrected chi connectivity index (χ3v) is 10.9. The summed E-state index contributed by atoms with van der Waals surface area (Å²) in [6, 6.07) is 0. The molecule has 176 valence electrons. The Morgan fingerprint density at radius 3 is 2.13 bits per heavy atom. The first-order chi connectivity index (χ1) is 14.4. The van der Waals surface area contributed by atoms with E-state index in [0.29, 0.717) is 24.2 Å². The third-order valence-electron chi connectivity index (χ3n) is 10.9. The highest BCUT2D eigenvalue weighted by molar-refractivity contribution is 5.66. The lowest BCUT2D eigenvalue weighted by Crippen LogP contribution is -2.61. The van der Waals surface area contributed by atoms with Crippen molar-refractivity contribution in [1.29, 1.82) is 0 Å². The van der Waals surface area contributed by atoms with Crippen LogP contribution in [0.2, 0.25) is 0 Å². The van der Waals surface area contributed by atoms with Gasteiger partial charge in [-0.3, -0.25) is 9.59 Å². The van der Waals surface area contributed by atoms with E-state index in [1.54, 1.807) is 0 Å². The molecule has 4 aliphatic carbocycles. The number of carbonyl (C=O) groups is 2. The predicted octanol–water partition coefficient (Wildman–Crippen LogP) is 5.03. The van der Waals surface area contributed by atoms with E-state index in [0.717, 1.165) is 44.9 Å². The Bertz CT molecular complexity index is 750. The minimum atomic E-state index is -0.942. The van der Waals surface area contributed by atoms with Gasteiger partial charge in [0.15, 0.2) is 0 Å². The second-order valence-corrected chi connectivity index (χ2v) is 12.0. The summed E-state index contributed by atoms with van der Waals surface area (Å²) < 4.78 is 11.2. The van der Waals surface area contributed by atoms with Crippen LogP contribution < -0.4 is 0 Å². The Balaban J connectivity index is 1.58. The SMILES string of the molecule is CC(=O)O[C@@H]1CC[C@]2(C)[C@H]3CC[C@@]4(C)[C@@H](CC[C@]4(O)[C@H](C)OC(C)=O)[C@@H]3CC[C@@]2(C)C1. The maximum atomic E-state index is 11.8. The lowest BCUT2D eigenvalue weighted by atomic mass is 9.40. The molecule has 0 aliphatic heterocycles. The molecule has 0 aromatic heterocycles. The summed E-state index contributed by atoms with van der Waals surface area (Å²) in [6.45, 7) is 12.0. The normalized spacial score (nSPS) is 49.9. The van der Waals surface area contributed by atoms with Gasteiger partial charge in [0, 0.05) is 19.3 Å². The van der Waals surface area contributed by atoms with Crippen molar-refractivity contribution in [2.45, 2.75) is 117 Å². The van der Waals surface area contributed by atoms with Crippen molar-refractivity contribution < 1.29 is 24.2 Å². The second kappa shape index (κ2) is 7.46. The van der Waals surface area contributed by atoms with Crippen molar-refractivity contribution in [1.82, 2.24) is 0 Å². The lowest BCUT2D eigenvalue weighted by Gasteiger charge is -2.65. The first-order valence-corrected chi connectivity index (χ1v) is 12.4. The van der Waals surface area contributed by atoms with Crippen molar-refractivity contribution in [3.8, 4) is 0 Å². The summed E-state index contributed by atoms with van der Waals surface area (Å²) in [5.41, 5.74) is -0.707. The number of carbonyl (C=O) groups excluding carboxylic acids is 2. The minimum absolute atomic E-state index is 0.0575. The van der Waals surface area contributed by atoms with Gasteiger partial charge in [-0.2, -0.15) is 0 Å². The van der Waals surface area contributed by atoms with Crippen LogP contribution in [-0.4, -0.2) is 34.9 Å². The molecule has 0 spiro atoms. The van der Waals surface area contributed by atoms with Crippen LogP contribution in [0.4, 0.5) is 0 Å². The molecule has 0 aromatic carbocycles. The Hall–Kier alpha value is -1.10. The Morgan fingerprint density at radius 1 is 0.871 bits per heavy atom. The highest BCUT2D eigenvalue weighted by Gasteiger charge is 2.68. The highest BCUT2D eigenvalue weighted by atomic mass is 16.6. The van der Waals surface area contributed by atoms with E-state index < -0.39 is 11.7 Å². The fourth-order valence-electron chi connectivity index (χ4n) is 8.99. The molecule has 5 heteroatoms. The first kappa shape index (κ1) is 23.1. The van der Waals surface area contributed by atoms with Gasteiger partial charge in [-0.1, -0.05) is 20.8 Å². The van der Waals surface area contributed by atoms with Gasteiger partial charge in [-0.15, -0.1) is 0 Å². The molecule has 4 saturated carbocycles. The maximum absolute atomic E-state index is 11.8. The molecule has 4 aliphatic rings. The summed E-state index contributed by atoms with van der Waals surface area (Å²) >= 11 is 0. The molecule has 0 amide bonds. The van der Waals surface area contributed by atoms with E-state index in [-0.39, 0.29) is 34.3 Å². The van der Waals surface area contributed by atoms with Crippen LogP contribution in [-0.2, 0) is 19.1 Å². The first-order valence-electron chi connectivity index (χ1n) is 12.4. The third kappa shape index (κ3) is 3.28. The average Bonchev–Trinajstić information content (AvgIpc) is 2.94. The van der Waals surface area contributed by atoms with Gasteiger partial charge in [-0.25, -0.2) is 0 Å². The summed E-state index contributed by atoms with van der Waals surface area (Å²) in [4.78, 5) is 23.2. The van der Waals surface area contributed by atoms with Crippen LogP contribution in [0.3, 0.4) is 0 Å². The molecule has 0 saturated heterocycles. The molecular weight excluding hydrogens is 392 g/mol. The smallest absolute Gasteiger partial charge is 0.302 e. The number of hydrogen-bond donors (Lipinski definition) is 1. The minimum Gasteiger partial charge on any atom is -0.463 e. The van der Waals surface area contributed by atoms with Crippen LogP contribution in [0.5, 0.6) is 0 Å². The lowest BCUT2D eigenvalue weighted by molar-refractivity contribution is -0.212. The van der Waals surface area contributed by atoms with Crippen LogP contribution in [0.25, 0.3) is 0 Å². The number of ether oxygens (including phenoxy) is 2. The zero-order valence-corrected chi connectivity index (χ0v) is 20.3. The number of fused-ring (bicyclic) bond motifs is 5. The van der Waals surface area contributed by atoms with Crippen LogP contribution in [0.1, 0.15) is 99.3 Å². The van der Waals surface area contributed by atoms with Crippen molar-refractivity contribution in [3.05, 3.63) is 0 Å². The maximum Gasteiger partial charge on any atom is 0.302 e. The molecule has 0 heterocycles. The van der Waals surface area contributed by atoms with E-state index in [1.165, 1.54) is 20.3 Å². The molecular formula is C26H42O5. The van der Waals surface area contributed by atoms with Gasteiger partial charge < -0.3 is 14.6 Å². The quantitative estimate of drug-likeness (QED) is 0.631. The van der Waals surface area contributed by atoms with Gasteiger partial charge in [-0.05, 0) is 93.3 Å². The highest BCUT2D eigenvalue weighted by Crippen LogP contribution is 2.71. The van der Waals surface area contributed by atoms with Crippen LogP contribution >= 0.6 is 0 Å². The standard InChI is InChI=1S/C26H42O5/c1-16(30-17(2)27)26(29)14-10-22-20-8-11-23(4)15-19(31-18(3)28)7-12-24(23,5)21(20)9-13-25(22,26)6/h16,19-22,29H,7-15H2,1-6H3/t16-,19+,20+,21-,22-,23-,24+,25-,26-/m0/s1. The fourth-order valence-corrected chi connectivity index (χ4v) is 8.99. The largest absolute Gasteiger partial charge is 0.463 e. The van der Waals surface area contributed by atoms with Crippen molar-refractivity contribution in [3.63, 3.8) is 0 Å². The summed E-state index contributed by atoms with van der Waals surface area (Å²) in [6.07, 6.45) is 8.82. The summed E-state index contributed by atoms with van der Waals surface area (Å²) in [5, 5.41) is 11.8. The van der Waals surface area contributed by atoms with E-state index in [2.05, 4.69) is 20.8 Å². The van der Waals surface area contributed by atoms with Crippen molar-refractivity contribution in [2.75, 3.05) is 0 Å². The molecule has 5 nitrogen and oxygen atoms in total. The van der Waals surface area contributed by atoms with Crippen molar-refractivity contribution in [2.24, 2.45) is 34.0 Å². The van der Waals surface area contributed by atoms with Gasteiger partial charge in [0.1, 0.15) is 17.8 Å². The number of rotatable bonds is 3. The number of esters is 2. The van der Waals surface area contributed by atoms with Gasteiger partial charge in [0.25, 0.3) is 0 Å². The molecule has 0 radical (unpaired) electrons. The van der Waals surface area contributed by atoms with Gasteiger partial charge in [0.05, 0.1) is 0 Å². The molecule has 4 fully saturated rings. The van der Waals surface area contributed by atoms with E-state index in [4.69, 9.17) is 9.47 Å². The van der Waals surface area contributed by atoms with E-state index in [1.807, 2.05) is 6.92 Å². The molecule has 0 bridgehead atoms. The number of aliphatic hydroxyl groups is 1. The Labute approximate surface area is 187 Å². The van der Waals surface area contributed by atoms with Crippen LogP contribution in [0.15, 0.2) is 0 Å². The summed E-state index contributed by atoms with van der Waals surface area (Å²) in [5.74, 6) is 1.26. The molecule has 1 N–H and O–H groups in total. The Kier molecular flexibility index (Phi) is 5.55. The molecule has 0 aromatic rings. The monoisotopic (exact) mass is 434 g/mol. The number of hydrogen-bond acceptors (Lipinski definition) is 5. The fraction of sp³-hybridized carbons (Fsp3) is 0.923. The zero-order valence-electron chi connectivity index (χ0n) is 20.3. The van der Waals surface area contributed by atoms with Crippen LogP contribution in [0, 0.1) is 34.0 Å². The molecule has 31 heavy (non-hydrogen) atoms. The van der Waals surface area contributed by atoms with E-state index in [9.17, 15) is 14.7 Å². The Morgan fingerprint density at radius 2 is 1.48 bits per heavy atom. The summed E-state index contributed by atoms with van der Waals surface area (Å²) in [7, 11) is 0. The molecule has 9 atom stereocenters. The van der Waals surface area contributed by atoms with Crippen molar-refractivity contribution >= 4 is 11.9 Å². The van der Waals surface area contributed by atoms with Gasteiger partial charge >= 0.3 is 11.9 Å². The average molecular weight is 435 g/mol. The molecule has 4 rings (SSSR count).